The summed E-state index contributed by atoms with van der Waals surface area (Å²) in [7, 11) is 0. The quantitative estimate of drug-likeness (QED) is 0.625. The van der Waals surface area contributed by atoms with E-state index in [1.54, 1.807) is 0 Å². The van der Waals surface area contributed by atoms with Crippen molar-refractivity contribution in [3.05, 3.63) is 0 Å². The lowest BCUT2D eigenvalue weighted by Crippen LogP contribution is -2.23. The molecule has 0 aromatic heterocycles. The zero-order chi connectivity index (χ0) is 13.2. The van der Waals surface area contributed by atoms with Crippen LogP contribution in [0, 0.1) is 5.92 Å². The van der Waals surface area contributed by atoms with E-state index in [1.165, 1.54) is 57.9 Å². The highest BCUT2D eigenvalue weighted by atomic mass is 16.5. The topological polar surface area (TPSA) is 21.3 Å². The summed E-state index contributed by atoms with van der Waals surface area (Å²) in [4.78, 5) is 0. The van der Waals surface area contributed by atoms with Gasteiger partial charge in [-0.05, 0) is 38.1 Å². The average molecular weight is 255 g/mol. The lowest BCUT2D eigenvalue weighted by molar-refractivity contribution is 0.0137. The van der Waals surface area contributed by atoms with Gasteiger partial charge in [-0.2, -0.15) is 0 Å². The zero-order valence-corrected chi connectivity index (χ0v) is 12.7. The molecule has 1 aliphatic carbocycles. The molecule has 1 saturated carbocycles. The third-order valence-corrected chi connectivity index (χ3v) is 3.87. The van der Waals surface area contributed by atoms with Crippen LogP contribution in [0.3, 0.4) is 0 Å². The van der Waals surface area contributed by atoms with E-state index in [1.807, 2.05) is 0 Å². The summed E-state index contributed by atoms with van der Waals surface area (Å²) in [5.41, 5.74) is 0. The molecule has 0 radical (unpaired) electrons. The van der Waals surface area contributed by atoms with Crippen molar-refractivity contribution in [3.8, 4) is 0 Å². The fraction of sp³-hybridized carbons (Fsp3) is 1.00. The first kappa shape index (κ1) is 16.0. The van der Waals surface area contributed by atoms with E-state index in [0.29, 0.717) is 12.1 Å². The molecule has 2 nitrogen and oxygen atoms in total. The molecule has 0 heterocycles. The SMILES string of the molecule is CC1CCCC(OCCCCCCNC(C)C)C1. The lowest BCUT2D eigenvalue weighted by Gasteiger charge is -2.26. The van der Waals surface area contributed by atoms with Crippen molar-refractivity contribution in [2.45, 2.75) is 84.3 Å². The van der Waals surface area contributed by atoms with E-state index < -0.39 is 0 Å². The fourth-order valence-electron chi connectivity index (χ4n) is 2.75. The first-order valence-electron chi connectivity index (χ1n) is 8.03. The Morgan fingerprint density at radius 3 is 2.61 bits per heavy atom. The van der Waals surface area contributed by atoms with E-state index >= 15 is 0 Å². The van der Waals surface area contributed by atoms with Crippen LogP contribution in [0.15, 0.2) is 0 Å². The highest BCUT2D eigenvalue weighted by Gasteiger charge is 2.18. The summed E-state index contributed by atoms with van der Waals surface area (Å²) in [5, 5.41) is 3.46. The van der Waals surface area contributed by atoms with Crippen molar-refractivity contribution in [3.63, 3.8) is 0 Å². The van der Waals surface area contributed by atoms with Gasteiger partial charge in [0.25, 0.3) is 0 Å². The minimum Gasteiger partial charge on any atom is -0.378 e. The summed E-state index contributed by atoms with van der Waals surface area (Å²) in [6.45, 7) is 8.92. The summed E-state index contributed by atoms with van der Waals surface area (Å²) >= 11 is 0. The Morgan fingerprint density at radius 1 is 1.11 bits per heavy atom. The smallest absolute Gasteiger partial charge is 0.0577 e. The van der Waals surface area contributed by atoms with E-state index in [9.17, 15) is 0 Å². The van der Waals surface area contributed by atoms with Gasteiger partial charge in [0, 0.05) is 12.6 Å². The van der Waals surface area contributed by atoms with Crippen molar-refractivity contribution in [1.82, 2.24) is 5.32 Å². The summed E-state index contributed by atoms with van der Waals surface area (Å²) in [5.74, 6) is 0.880. The zero-order valence-electron chi connectivity index (χ0n) is 12.7. The lowest BCUT2D eigenvalue weighted by atomic mass is 9.89. The first-order valence-corrected chi connectivity index (χ1v) is 8.03. The van der Waals surface area contributed by atoms with E-state index in [4.69, 9.17) is 4.74 Å². The maximum Gasteiger partial charge on any atom is 0.0577 e. The molecule has 0 saturated heterocycles. The van der Waals surface area contributed by atoms with E-state index in [-0.39, 0.29) is 0 Å². The molecule has 2 heteroatoms. The molecule has 108 valence electrons. The maximum atomic E-state index is 5.98. The van der Waals surface area contributed by atoms with Crippen LogP contribution in [0.25, 0.3) is 0 Å². The molecule has 0 aromatic rings. The summed E-state index contributed by atoms with van der Waals surface area (Å²) < 4.78 is 5.98. The molecule has 0 bridgehead atoms. The van der Waals surface area contributed by atoms with Crippen molar-refractivity contribution >= 4 is 0 Å². The van der Waals surface area contributed by atoms with Crippen molar-refractivity contribution in [2.75, 3.05) is 13.2 Å². The summed E-state index contributed by atoms with van der Waals surface area (Å²) in [6, 6.07) is 0.627. The van der Waals surface area contributed by atoms with Crippen LogP contribution < -0.4 is 5.32 Å². The molecule has 0 aromatic carbocycles. The van der Waals surface area contributed by atoms with Gasteiger partial charge in [-0.1, -0.05) is 46.5 Å². The minimum absolute atomic E-state index is 0.566. The van der Waals surface area contributed by atoms with Crippen LogP contribution in [-0.4, -0.2) is 25.3 Å². The molecule has 0 spiro atoms. The second kappa shape index (κ2) is 9.80. The average Bonchev–Trinajstić information content (AvgIpc) is 2.32. The largest absolute Gasteiger partial charge is 0.378 e. The number of rotatable bonds is 9. The Balaban J connectivity index is 1.83. The predicted molar refractivity (Wildman–Crippen MR) is 79.0 cm³/mol. The monoisotopic (exact) mass is 255 g/mol. The molecular weight excluding hydrogens is 222 g/mol. The fourth-order valence-corrected chi connectivity index (χ4v) is 2.75. The van der Waals surface area contributed by atoms with Crippen molar-refractivity contribution < 1.29 is 4.74 Å². The standard InChI is InChI=1S/C16H33NO/c1-14(2)17-11-6-4-5-7-12-18-16-10-8-9-15(3)13-16/h14-17H,4-13H2,1-3H3. The van der Waals surface area contributed by atoms with Crippen LogP contribution in [0.4, 0.5) is 0 Å². The number of nitrogens with one attached hydrogen (secondary N) is 1. The molecule has 1 fully saturated rings. The Bertz CT molecular complexity index is 194. The van der Waals surface area contributed by atoms with Gasteiger partial charge >= 0.3 is 0 Å². The predicted octanol–water partition coefficient (Wildman–Crippen LogP) is 4.14. The van der Waals surface area contributed by atoms with Crippen LogP contribution in [0.2, 0.25) is 0 Å². The van der Waals surface area contributed by atoms with Gasteiger partial charge in [0.2, 0.25) is 0 Å². The van der Waals surface area contributed by atoms with Crippen LogP contribution in [-0.2, 0) is 4.74 Å². The third-order valence-electron chi connectivity index (χ3n) is 3.87. The molecule has 1 N–H and O–H groups in total. The van der Waals surface area contributed by atoms with Gasteiger partial charge in [0.15, 0.2) is 0 Å². The van der Waals surface area contributed by atoms with Crippen LogP contribution >= 0.6 is 0 Å². The normalized spacial score (nSPS) is 24.7. The Hall–Kier alpha value is -0.0800. The highest BCUT2D eigenvalue weighted by molar-refractivity contribution is 4.70. The molecule has 1 aliphatic rings. The van der Waals surface area contributed by atoms with Gasteiger partial charge in [-0.25, -0.2) is 0 Å². The number of hydrogen-bond donors (Lipinski definition) is 1. The Labute approximate surface area is 114 Å². The first-order chi connectivity index (χ1) is 8.68. The highest BCUT2D eigenvalue weighted by Crippen LogP contribution is 2.25. The minimum atomic E-state index is 0.566. The maximum absolute atomic E-state index is 5.98. The molecule has 1 rings (SSSR count). The van der Waals surface area contributed by atoms with Crippen LogP contribution in [0.1, 0.15) is 72.1 Å². The Morgan fingerprint density at radius 2 is 1.89 bits per heavy atom. The van der Waals surface area contributed by atoms with Gasteiger partial charge in [-0.3, -0.25) is 0 Å². The molecule has 2 unspecified atom stereocenters. The molecular formula is C16H33NO. The van der Waals surface area contributed by atoms with Gasteiger partial charge in [0.1, 0.15) is 0 Å². The molecule has 0 aliphatic heterocycles. The number of unbranched alkanes of at least 4 members (excludes halogenated alkanes) is 3. The van der Waals surface area contributed by atoms with E-state index in [0.717, 1.165) is 12.5 Å². The van der Waals surface area contributed by atoms with Gasteiger partial charge in [0.05, 0.1) is 6.10 Å². The van der Waals surface area contributed by atoms with Crippen molar-refractivity contribution in [1.29, 1.82) is 0 Å². The number of hydrogen-bond acceptors (Lipinski definition) is 2. The second-order valence-corrected chi connectivity index (χ2v) is 6.29. The second-order valence-electron chi connectivity index (χ2n) is 6.29. The molecule has 2 atom stereocenters. The van der Waals surface area contributed by atoms with Gasteiger partial charge < -0.3 is 10.1 Å². The van der Waals surface area contributed by atoms with Crippen molar-refractivity contribution in [2.24, 2.45) is 5.92 Å². The van der Waals surface area contributed by atoms with E-state index in [2.05, 4.69) is 26.1 Å². The molecule has 0 amide bonds. The van der Waals surface area contributed by atoms with Gasteiger partial charge in [-0.15, -0.1) is 0 Å². The number of ether oxygens (including phenoxy) is 1. The molecule has 18 heavy (non-hydrogen) atoms. The van der Waals surface area contributed by atoms with Crippen LogP contribution in [0.5, 0.6) is 0 Å². The third kappa shape index (κ3) is 8.10. The summed E-state index contributed by atoms with van der Waals surface area (Å²) in [6.07, 6.45) is 11.1. The Kier molecular flexibility index (Phi) is 8.70.